The van der Waals surface area contributed by atoms with E-state index in [1.807, 2.05) is 13.0 Å². The van der Waals surface area contributed by atoms with Crippen molar-refractivity contribution in [2.24, 2.45) is 0 Å². The van der Waals surface area contributed by atoms with Crippen LogP contribution in [0.15, 0.2) is 59.5 Å². The maximum absolute atomic E-state index is 12.8. The van der Waals surface area contributed by atoms with Gasteiger partial charge in [0.2, 0.25) is 0 Å². The van der Waals surface area contributed by atoms with Crippen molar-refractivity contribution < 1.29 is 18.3 Å². The zero-order valence-corrected chi connectivity index (χ0v) is 13.0. The number of anilines is 1. The first kappa shape index (κ1) is 16.0. The van der Waals surface area contributed by atoms with E-state index in [2.05, 4.69) is 0 Å². The molecule has 0 bridgehead atoms. The van der Waals surface area contributed by atoms with Gasteiger partial charge in [0.05, 0.1) is 16.1 Å². The monoisotopic (exact) mass is 319 g/mol. The Bertz CT molecular complexity index is 757. The van der Waals surface area contributed by atoms with E-state index in [1.165, 1.54) is 28.6 Å². The molecule has 0 aliphatic heterocycles. The molecule has 1 N–H and O–H groups in total. The average molecular weight is 319 g/mol. The molecule has 0 atom stereocenters. The van der Waals surface area contributed by atoms with E-state index in [-0.39, 0.29) is 10.5 Å². The van der Waals surface area contributed by atoms with Gasteiger partial charge in [0.15, 0.2) is 0 Å². The van der Waals surface area contributed by atoms with Gasteiger partial charge in [-0.1, -0.05) is 31.2 Å². The molecule has 0 amide bonds. The van der Waals surface area contributed by atoms with Gasteiger partial charge in [-0.25, -0.2) is 13.2 Å². The van der Waals surface area contributed by atoms with Crippen molar-refractivity contribution >= 4 is 21.7 Å². The fourth-order valence-corrected chi connectivity index (χ4v) is 3.71. The number of carboxylic acids is 1. The third-order valence-electron chi connectivity index (χ3n) is 3.14. The normalized spacial score (nSPS) is 11.1. The third-order valence-corrected chi connectivity index (χ3v) is 4.96. The molecule has 2 aromatic rings. The predicted molar refractivity (Wildman–Crippen MR) is 84.7 cm³/mol. The molecule has 0 aliphatic carbocycles. The number of carbonyl (C=O) groups is 1. The summed E-state index contributed by atoms with van der Waals surface area (Å²) in [5.41, 5.74) is 0.510. The maximum Gasteiger partial charge on any atom is 0.335 e. The molecule has 0 aliphatic rings. The topological polar surface area (TPSA) is 74.7 Å². The number of rotatable bonds is 6. The number of nitrogens with zero attached hydrogens (tertiary/aromatic N) is 1. The van der Waals surface area contributed by atoms with Crippen molar-refractivity contribution in [3.8, 4) is 0 Å². The average Bonchev–Trinajstić information content (AvgIpc) is 2.53. The van der Waals surface area contributed by atoms with Gasteiger partial charge in [-0.2, -0.15) is 0 Å². The summed E-state index contributed by atoms with van der Waals surface area (Å²) in [6, 6.07) is 14.2. The van der Waals surface area contributed by atoms with Crippen molar-refractivity contribution in [3.63, 3.8) is 0 Å². The quantitative estimate of drug-likeness (QED) is 0.888. The third kappa shape index (κ3) is 3.28. The van der Waals surface area contributed by atoms with Crippen LogP contribution in [0.25, 0.3) is 0 Å². The number of benzene rings is 2. The molecule has 116 valence electrons. The van der Waals surface area contributed by atoms with Crippen molar-refractivity contribution in [3.05, 3.63) is 60.2 Å². The number of hydrogen-bond acceptors (Lipinski definition) is 3. The molecular weight excluding hydrogens is 302 g/mol. The van der Waals surface area contributed by atoms with Crippen molar-refractivity contribution in [2.75, 3.05) is 10.8 Å². The minimum atomic E-state index is -3.80. The van der Waals surface area contributed by atoms with E-state index in [0.29, 0.717) is 18.7 Å². The Labute approximate surface area is 129 Å². The molecule has 0 heterocycles. The highest BCUT2D eigenvalue weighted by Gasteiger charge is 2.24. The first-order valence-electron chi connectivity index (χ1n) is 6.88. The van der Waals surface area contributed by atoms with E-state index in [0.717, 1.165) is 0 Å². The lowest BCUT2D eigenvalue weighted by atomic mass is 10.2. The molecule has 0 saturated heterocycles. The minimum Gasteiger partial charge on any atom is -0.478 e. The second kappa shape index (κ2) is 6.62. The van der Waals surface area contributed by atoms with Crippen LogP contribution < -0.4 is 4.31 Å². The number of aromatic carboxylic acids is 1. The van der Waals surface area contributed by atoms with Gasteiger partial charge in [0.1, 0.15) is 0 Å². The molecule has 0 saturated carbocycles. The summed E-state index contributed by atoms with van der Waals surface area (Å²) in [6.45, 7) is 2.21. The van der Waals surface area contributed by atoms with E-state index < -0.39 is 16.0 Å². The van der Waals surface area contributed by atoms with Crippen molar-refractivity contribution in [1.29, 1.82) is 0 Å². The number of para-hydroxylation sites is 1. The standard InChI is InChI=1S/C16H17NO4S/c1-2-11-17(14-8-4-3-5-9-14)22(20,21)15-10-6-7-13(12-15)16(18)19/h3-10,12H,2,11H2,1H3,(H,18,19). The van der Waals surface area contributed by atoms with Crippen LogP contribution in [-0.2, 0) is 10.0 Å². The summed E-state index contributed by atoms with van der Waals surface area (Å²) < 4.78 is 27.0. The van der Waals surface area contributed by atoms with Gasteiger partial charge in [0, 0.05) is 6.54 Å². The second-order valence-corrected chi connectivity index (χ2v) is 6.61. The van der Waals surface area contributed by atoms with Gasteiger partial charge >= 0.3 is 5.97 Å². The Morgan fingerprint density at radius 3 is 2.36 bits per heavy atom. The van der Waals surface area contributed by atoms with E-state index in [1.54, 1.807) is 24.3 Å². The van der Waals surface area contributed by atoms with Crippen molar-refractivity contribution in [2.45, 2.75) is 18.2 Å². The van der Waals surface area contributed by atoms with Crippen LogP contribution in [-0.4, -0.2) is 26.0 Å². The van der Waals surface area contributed by atoms with Crippen molar-refractivity contribution in [1.82, 2.24) is 0 Å². The van der Waals surface area contributed by atoms with Gasteiger partial charge in [0.25, 0.3) is 10.0 Å². The number of carboxylic acid groups (broad SMARTS) is 1. The highest BCUT2D eigenvalue weighted by Crippen LogP contribution is 2.24. The Morgan fingerprint density at radius 1 is 1.09 bits per heavy atom. The van der Waals surface area contributed by atoms with Gasteiger partial charge in [-0.3, -0.25) is 4.31 Å². The first-order valence-corrected chi connectivity index (χ1v) is 8.32. The molecule has 0 unspecified atom stereocenters. The van der Waals surface area contributed by atoms with Gasteiger partial charge in [-0.05, 0) is 36.8 Å². The molecule has 6 heteroatoms. The first-order chi connectivity index (χ1) is 10.5. The van der Waals surface area contributed by atoms with Crippen LogP contribution in [0.2, 0.25) is 0 Å². The molecule has 22 heavy (non-hydrogen) atoms. The minimum absolute atomic E-state index is 0.0234. The zero-order valence-electron chi connectivity index (χ0n) is 12.1. The van der Waals surface area contributed by atoms with Crippen LogP contribution in [0.1, 0.15) is 23.7 Å². The highest BCUT2D eigenvalue weighted by atomic mass is 32.2. The predicted octanol–water partition coefficient (Wildman–Crippen LogP) is 2.99. The molecule has 2 aromatic carbocycles. The number of hydrogen-bond donors (Lipinski definition) is 1. The maximum atomic E-state index is 12.8. The lowest BCUT2D eigenvalue weighted by Crippen LogP contribution is -2.31. The van der Waals surface area contributed by atoms with Crippen LogP contribution in [0.4, 0.5) is 5.69 Å². The lowest BCUT2D eigenvalue weighted by Gasteiger charge is -2.24. The summed E-state index contributed by atoms with van der Waals surface area (Å²) in [6.07, 6.45) is 0.646. The van der Waals surface area contributed by atoms with E-state index in [9.17, 15) is 13.2 Å². The Kier molecular flexibility index (Phi) is 4.82. The van der Waals surface area contributed by atoms with Crippen LogP contribution in [0, 0.1) is 0 Å². The summed E-state index contributed by atoms with van der Waals surface area (Å²) in [5.74, 6) is -1.15. The summed E-state index contributed by atoms with van der Waals surface area (Å²) in [5, 5.41) is 9.03. The molecule has 0 aromatic heterocycles. The molecule has 2 rings (SSSR count). The smallest absolute Gasteiger partial charge is 0.335 e. The second-order valence-electron chi connectivity index (χ2n) is 4.75. The summed E-state index contributed by atoms with van der Waals surface area (Å²) in [4.78, 5) is 11.0. The summed E-state index contributed by atoms with van der Waals surface area (Å²) >= 11 is 0. The largest absolute Gasteiger partial charge is 0.478 e. The van der Waals surface area contributed by atoms with Gasteiger partial charge < -0.3 is 5.11 Å². The Balaban J connectivity index is 2.50. The molecule has 0 fully saturated rings. The zero-order chi connectivity index (χ0) is 16.2. The lowest BCUT2D eigenvalue weighted by molar-refractivity contribution is 0.0696. The molecule has 5 nitrogen and oxygen atoms in total. The van der Waals surface area contributed by atoms with Gasteiger partial charge in [-0.15, -0.1) is 0 Å². The molecule has 0 radical (unpaired) electrons. The molecular formula is C16H17NO4S. The SMILES string of the molecule is CCCN(c1ccccc1)S(=O)(=O)c1cccc(C(=O)O)c1. The Morgan fingerprint density at radius 2 is 1.77 bits per heavy atom. The number of sulfonamides is 1. The van der Waals surface area contributed by atoms with Crippen LogP contribution >= 0.6 is 0 Å². The highest BCUT2D eigenvalue weighted by molar-refractivity contribution is 7.92. The Hall–Kier alpha value is -2.34. The fraction of sp³-hybridized carbons (Fsp3) is 0.188. The van der Waals surface area contributed by atoms with Crippen LogP contribution in [0.3, 0.4) is 0 Å². The van der Waals surface area contributed by atoms with E-state index >= 15 is 0 Å². The van der Waals surface area contributed by atoms with Crippen LogP contribution in [0.5, 0.6) is 0 Å². The fourth-order valence-electron chi connectivity index (χ4n) is 2.10. The molecule has 0 spiro atoms. The van der Waals surface area contributed by atoms with E-state index in [4.69, 9.17) is 5.11 Å². The summed E-state index contributed by atoms with van der Waals surface area (Å²) in [7, 11) is -3.80.